The van der Waals surface area contributed by atoms with E-state index in [1.165, 1.54) is 16.0 Å². The maximum Gasteiger partial charge on any atom is 0.369 e. The fourth-order valence-corrected chi connectivity index (χ4v) is 3.22. The third kappa shape index (κ3) is 3.00. The summed E-state index contributed by atoms with van der Waals surface area (Å²) in [6.07, 6.45) is 0. The number of carbonyl (C=O) groups excluding carboxylic acids is 1. The summed E-state index contributed by atoms with van der Waals surface area (Å²) in [6.45, 7) is 0.390. The van der Waals surface area contributed by atoms with Gasteiger partial charge in [-0.15, -0.1) is 11.3 Å². The van der Waals surface area contributed by atoms with E-state index in [4.69, 9.17) is 0 Å². The lowest BCUT2D eigenvalue weighted by molar-refractivity contribution is -0.131. The van der Waals surface area contributed by atoms with E-state index < -0.39 is 5.69 Å². The van der Waals surface area contributed by atoms with Crippen LogP contribution in [0.4, 0.5) is 0 Å². The van der Waals surface area contributed by atoms with Crippen LogP contribution in [-0.2, 0) is 17.9 Å². The van der Waals surface area contributed by atoms with Gasteiger partial charge < -0.3 is 4.90 Å². The number of hydrogen-bond donors (Lipinski definition) is 0. The molecule has 9 heteroatoms. The van der Waals surface area contributed by atoms with E-state index in [-0.39, 0.29) is 12.5 Å². The van der Waals surface area contributed by atoms with Crippen LogP contribution in [0.25, 0.3) is 5.00 Å². The van der Waals surface area contributed by atoms with Crippen LogP contribution in [0.5, 0.6) is 0 Å². The first kappa shape index (κ1) is 14.7. The van der Waals surface area contributed by atoms with Gasteiger partial charge in [0.2, 0.25) is 5.91 Å². The highest BCUT2D eigenvalue weighted by Gasteiger charge is 2.15. The molecular weight excluding hydrogens is 322 g/mol. The molecule has 0 bridgehead atoms. The highest BCUT2D eigenvalue weighted by molar-refractivity contribution is 7.12. The van der Waals surface area contributed by atoms with Gasteiger partial charge in [0.25, 0.3) is 0 Å². The van der Waals surface area contributed by atoms with E-state index in [9.17, 15) is 9.59 Å². The second kappa shape index (κ2) is 6.24. The predicted octanol–water partition coefficient (Wildman–Crippen LogP) is 1.21. The molecule has 0 unspecified atom stereocenters. The Kier molecular flexibility index (Phi) is 4.16. The zero-order chi connectivity index (χ0) is 15.5. The molecule has 0 aliphatic heterocycles. The summed E-state index contributed by atoms with van der Waals surface area (Å²) in [5.74, 6) is -0.188. The molecule has 3 rings (SSSR count). The zero-order valence-electron chi connectivity index (χ0n) is 11.7. The Morgan fingerprint density at radius 1 is 1.32 bits per heavy atom. The van der Waals surface area contributed by atoms with Crippen molar-refractivity contribution in [2.24, 2.45) is 0 Å². The van der Waals surface area contributed by atoms with E-state index >= 15 is 0 Å². The molecule has 3 heterocycles. The number of amides is 1. The summed E-state index contributed by atoms with van der Waals surface area (Å²) < 4.78 is 2.27. The van der Waals surface area contributed by atoms with Gasteiger partial charge in [-0.25, -0.2) is 4.79 Å². The van der Waals surface area contributed by atoms with Gasteiger partial charge in [0, 0.05) is 13.6 Å². The second-order valence-corrected chi connectivity index (χ2v) is 6.37. The largest absolute Gasteiger partial charge is 0.369 e. The predicted molar refractivity (Wildman–Crippen MR) is 84.3 cm³/mol. The van der Waals surface area contributed by atoms with Crippen molar-refractivity contribution in [1.29, 1.82) is 0 Å². The molecule has 0 N–H and O–H groups in total. The van der Waals surface area contributed by atoms with E-state index in [1.807, 2.05) is 28.3 Å². The Labute approximate surface area is 134 Å². The molecule has 114 valence electrons. The van der Waals surface area contributed by atoms with E-state index in [0.717, 1.165) is 10.2 Å². The number of aromatic nitrogens is 4. The zero-order valence-corrected chi connectivity index (χ0v) is 13.4. The summed E-state index contributed by atoms with van der Waals surface area (Å²) in [7, 11) is 1.70. The molecule has 0 atom stereocenters. The molecular formula is C13H13N5O2S2. The van der Waals surface area contributed by atoms with E-state index in [2.05, 4.69) is 10.4 Å². The van der Waals surface area contributed by atoms with Crippen molar-refractivity contribution in [2.75, 3.05) is 7.05 Å². The molecule has 3 aromatic rings. The van der Waals surface area contributed by atoms with Crippen LogP contribution in [0.1, 0.15) is 5.56 Å². The Hall–Kier alpha value is -2.26. The Morgan fingerprint density at radius 3 is 2.86 bits per heavy atom. The number of nitrogens with zero attached hydrogens (tertiary/aromatic N) is 5. The average molecular weight is 335 g/mol. The third-order valence-corrected chi connectivity index (χ3v) is 4.64. The number of thiophene rings is 2. The van der Waals surface area contributed by atoms with E-state index in [0.29, 0.717) is 11.5 Å². The minimum Gasteiger partial charge on any atom is -0.340 e. The first-order chi connectivity index (χ1) is 10.6. The SMILES string of the molecule is CN(Cc1ccsc1)C(=O)Cn1nnn(-c2cccs2)c1=O. The first-order valence-corrected chi connectivity index (χ1v) is 8.29. The molecule has 0 aliphatic rings. The minimum absolute atomic E-state index is 0.120. The summed E-state index contributed by atoms with van der Waals surface area (Å²) in [4.78, 5) is 25.9. The van der Waals surface area contributed by atoms with Crippen molar-refractivity contribution in [1.82, 2.24) is 24.7 Å². The van der Waals surface area contributed by atoms with Crippen molar-refractivity contribution in [3.63, 3.8) is 0 Å². The molecule has 0 saturated heterocycles. The van der Waals surface area contributed by atoms with Crippen LogP contribution < -0.4 is 5.69 Å². The lowest BCUT2D eigenvalue weighted by Gasteiger charge is -2.15. The van der Waals surface area contributed by atoms with Gasteiger partial charge in [0.15, 0.2) is 0 Å². The highest BCUT2D eigenvalue weighted by Crippen LogP contribution is 2.11. The van der Waals surface area contributed by atoms with Crippen LogP contribution in [-0.4, -0.2) is 37.6 Å². The van der Waals surface area contributed by atoms with Crippen LogP contribution in [0, 0.1) is 0 Å². The molecule has 0 aromatic carbocycles. The summed E-state index contributed by atoms with van der Waals surface area (Å²) in [5, 5.41) is 14.1. The fraction of sp³-hybridized carbons (Fsp3) is 0.231. The smallest absolute Gasteiger partial charge is 0.340 e. The van der Waals surface area contributed by atoms with Crippen LogP contribution >= 0.6 is 22.7 Å². The van der Waals surface area contributed by atoms with E-state index in [1.54, 1.807) is 29.4 Å². The van der Waals surface area contributed by atoms with Crippen molar-refractivity contribution in [3.8, 4) is 5.00 Å². The number of carbonyl (C=O) groups is 1. The molecule has 0 fully saturated rings. The monoisotopic (exact) mass is 335 g/mol. The van der Waals surface area contributed by atoms with Crippen molar-refractivity contribution in [2.45, 2.75) is 13.1 Å². The standard InChI is InChI=1S/C13H13N5O2S2/c1-16(7-10-4-6-21-9-10)11(19)8-17-13(20)18(15-14-17)12-3-2-5-22-12/h2-6,9H,7-8H2,1H3. The summed E-state index contributed by atoms with van der Waals surface area (Å²) >= 11 is 2.97. The lowest BCUT2D eigenvalue weighted by Crippen LogP contribution is -2.34. The van der Waals surface area contributed by atoms with Gasteiger partial charge in [0.05, 0.1) is 0 Å². The van der Waals surface area contributed by atoms with Gasteiger partial charge in [0.1, 0.15) is 11.5 Å². The minimum atomic E-state index is -0.417. The normalized spacial score (nSPS) is 10.8. The molecule has 0 aliphatic carbocycles. The molecule has 22 heavy (non-hydrogen) atoms. The van der Waals surface area contributed by atoms with Crippen molar-refractivity contribution in [3.05, 3.63) is 50.4 Å². The number of likely N-dealkylation sites (N-methyl/N-ethyl adjacent to an activating group) is 1. The average Bonchev–Trinajstić information content (AvgIpc) is 3.22. The Balaban J connectivity index is 1.71. The quantitative estimate of drug-likeness (QED) is 0.702. The molecule has 0 saturated carbocycles. The number of rotatable bonds is 5. The summed E-state index contributed by atoms with van der Waals surface area (Å²) in [6, 6.07) is 5.56. The van der Waals surface area contributed by atoms with Crippen molar-refractivity contribution < 1.29 is 4.79 Å². The van der Waals surface area contributed by atoms with Gasteiger partial charge in [-0.3, -0.25) is 4.79 Å². The van der Waals surface area contributed by atoms with Crippen LogP contribution in [0.2, 0.25) is 0 Å². The molecule has 3 aromatic heterocycles. The maximum absolute atomic E-state index is 12.2. The van der Waals surface area contributed by atoms with Crippen LogP contribution in [0.15, 0.2) is 39.1 Å². The summed E-state index contributed by atoms with van der Waals surface area (Å²) in [5.41, 5.74) is 0.648. The Morgan fingerprint density at radius 2 is 2.18 bits per heavy atom. The molecule has 0 radical (unpaired) electrons. The number of tetrazole rings is 1. The second-order valence-electron chi connectivity index (χ2n) is 4.66. The van der Waals surface area contributed by atoms with Gasteiger partial charge in [-0.1, -0.05) is 0 Å². The third-order valence-electron chi connectivity index (χ3n) is 3.06. The van der Waals surface area contributed by atoms with Crippen molar-refractivity contribution >= 4 is 28.6 Å². The maximum atomic E-state index is 12.2. The Bertz CT molecular complexity index is 804. The molecule has 0 spiro atoms. The first-order valence-electron chi connectivity index (χ1n) is 6.47. The number of hydrogen-bond acceptors (Lipinski definition) is 6. The van der Waals surface area contributed by atoms with Gasteiger partial charge in [-0.2, -0.15) is 20.7 Å². The topological polar surface area (TPSA) is 73.0 Å². The lowest BCUT2D eigenvalue weighted by atomic mass is 10.3. The molecule has 1 amide bonds. The molecule has 7 nitrogen and oxygen atoms in total. The van der Waals surface area contributed by atoms with Gasteiger partial charge >= 0.3 is 5.69 Å². The fourth-order valence-electron chi connectivity index (χ4n) is 1.90. The highest BCUT2D eigenvalue weighted by atomic mass is 32.1. The van der Waals surface area contributed by atoms with Crippen LogP contribution in [0.3, 0.4) is 0 Å². The van der Waals surface area contributed by atoms with Gasteiger partial charge in [-0.05, 0) is 50.3 Å².